The Labute approximate surface area is 470 Å². The summed E-state index contributed by atoms with van der Waals surface area (Å²) in [6.45, 7) is 8.00. The van der Waals surface area contributed by atoms with Crippen LogP contribution in [0.4, 0.5) is 0 Å². The number of unbranched alkanes of at least 4 members (excludes halogenated alkanes) is 12. The summed E-state index contributed by atoms with van der Waals surface area (Å²) in [7, 11) is 0. The molecule has 10 atom stereocenters. The van der Waals surface area contributed by atoms with E-state index in [1.807, 2.05) is 0 Å². The predicted octanol–water partition coefficient (Wildman–Crippen LogP) is 1.14. The van der Waals surface area contributed by atoms with Gasteiger partial charge in [-0.25, -0.2) is 0 Å². The van der Waals surface area contributed by atoms with E-state index in [0.717, 1.165) is 25.7 Å². The van der Waals surface area contributed by atoms with Crippen LogP contribution in [0.2, 0.25) is 0 Å². The maximum absolute atomic E-state index is 13.5. The third-order valence-corrected chi connectivity index (χ3v) is 13.7. The lowest BCUT2D eigenvalue weighted by atomic mass is 9.91. The molecular weight excluding hydrogens is 1040 g/mol. The van der Waals surface area contributed by atoms with E-state index < -0.39 is 176 Å². The number of nitrogens with zero attached hydrogens (tertiary/aromatic N) is 1. The van der Waals surface area contributed by atoms with Crippen LogP contribution >= 0.6 is 0 Å². The molecule has 0 heterocycles. The van der Waals surface area contributed by atoms with Crippen molar-refractivity contribution in [2.45, 2.75) is 238 Å². The zero-order chi connectivity index (χ0) is 60.9. The molecule has 0 unspecified atom stereocenters. The molecule has 0 bridgehead atoms. The van der Waals surface area contributed by atoms with E-state index in [4.69, 9.17) is 17.2 Å². The van der Waals surface area contributed by atoms with Crippen molar-refractivity contribution < 1.29 is 78.0 Å². The average Bonchev–Trinajstić information content (AvgIpc) is 3.38. The van der Waals surface area contributed by atoms with E-state index in [1.165, 1.54) is 79.1 Å². The lowest BCUT2D eigenvalue weighted by molar-refractivity contribution is -0.142. The molecule has 0 aromatic rings. The van der Waals surface area contributed by atoms with Crippen LogP contribution in [0.3, 0.4) is 0 Å². The highest BCUT2D eigenvalue weighted by molar-refractivity contribution is 5.99. The number of hydrogen-bond acceptors (Lipinski definition) is 16. The molecule has 0 radical (unpaired) electrons. The lowest BCUT2D eigenvalue weighted by Gasteiger charge is -2.25. The van der Waals surface area contributed by atoms with E-state index in [-0.39, 0.29) is 44.0 Å². The van der Waals surface area contributed by atoms with Gasteiger partial charge in [0.2, 0.25) is 35.4 Å². The lowest BCUT2D eigenvalue weighted by Crippen LogP contribution is -2.50. The topological polar surface area (TPSA) is 436 Å². The summed E-state index contributed by atoms with van der Waals surface area (Å²) < 4.78 is 0. The van der Waals surface area contributed by atoms with Crippen molar-refractivity contribution >= 4 is 76.3 Å². The maximum atomic E-state index is 13.5. The monoisotopic (exact) mass is 1140 g/mol. The number of guanidine groups is 1. The number of primary amides is 1. The first kappa shape index (κ1) is 73.8. The first-order chi connectivity index (χ1) is 37.7. The molecule has 0 aliphatic carbocycles. The number of nitrogens with two attached hydrogens (primary N) is 3. The Morgan fingerprint density at radius 3 is 1.49 bits per heavy atom. The molecule has 0 aromatic heterocycles. The number of aliphatic imine (C=N–C) groups is 1. The van der Waals surface area contributed by atoms with Crippen molar-refractivity contribution in [3.63, 3.8) is 0 Å². The summed E-state index contributed by atoms with van der Waals surface area (Å²) in [6.07, 6.45) is 7.69. The number of carbonyl (C=O) groups excluding carboxylic acids is 11. The van der Waals surface area contributed by atoms with Gasteiger partial charge in [-0.3, -0.25) is 62.5 Å². The van der Waals surface area contributed by atoms with Crippen molar-refractivity contribution in [2.24, 2.45) is 39.9 Å². The number of hydrogen-bond donors (Lipinski definition) is 12. The molecule has 15 N–H and O–H groups in total. The minimum absolute atomic E-state index is 0.0376. The fourth-order valence-electron chi connectivity index (χ4n) is 8.70. The van der Waals surface area contributed by atoms with E-state index in [2.05, 4.69) is 38.5 Å². The first-order valence-corrected chi connectivity index (χ1v) is 28.3. The summed E-state index contributed by atoms with van der Waals surface area (Å²) in [5.41, 5.74) is 16.0. The summed E-state index contributed by atoms with van der Waals surface area (Å²) >= 11 is 0. The number of nitrogens with one attached hydrogen (secondary N) is 5. The first-order valence-electron chi connectivity index (χ1n) is 28.3. The second-order valence-corrected chi connectivity index (χ2v) is 20.9. The normalized spacial score (nSPS) is 14.9. The van der Waals surface area contributed by atoms with E-state index in [9.17, 15) is 78.0 Å². The average molecular weight is 1140 g/mol. The number of aliphatic hydroxyl groups is 3. The molecule has 0 saturated carbocycles. The molecule has 25 nitrogen and oxygen atoms in total. The second-order valence-electron chi connectivity index (χ2n) is 20.9. The van der Waals surface area contributed by atoms with Crippen LogP contribution in [0.1, 0.15) is 196 Å². The van der Waals surface area contributed by atoms with Gasteiger partial charge < -0.3 is 64.2 Å². The van der Waals surface area contributed by atoms with Crippen LogP contribution in [0, 0.1) is 17.8 Å². The molecule has 0 rings (SSSR count). The van der Waals surface area contributed by atoms with Crippen molar-refractivity contribution in [2.75, 3.05) is 13.2 Å². The summed E-state index contributed by atoms with van der Waals surface area (Å²) in [6, 6.07) is -6.75. The third kappa shape index (κ3) is 32.8. The van der Waals surface area contributed by atoms with Crippen molar-refractivity contribution in [3.05, 3.63) is 0 Å². The van der Waals surface area contributed by atoms with Gasteiger partial charge in [-0.15, -0.1) is 0 Å². The Kier molecular flexibility index (Phi) is 38.5. The van der Waals surface area contributed by atoms with E-state index in [1.54, 1.807) is 6.92 Å². The van der Waals surface area contributed by atoms with Crippen LogP contribution in [-0.2, 0) is 57.5 Å². The zero-order valence-electron chi connectivity index (χ0n) is 48.0. The molecule has 25 heteroatoms. The molecule has 0 saturated heterocycles. The minimum Gasteiger partial charge on any atom is -0.481 e. The molecule has 0 aliphatic rings. The van der Waals surface area contributed by atoms with Gasteiger partial charge in [-0.2, -0.15) is 0 Å². The fraction of sp³-hybridized carbons (Fsp3) is 0.764. The fourth-order valence-corrected chi connectivity index (χ4v) is 8.70. The van der Waals surface area contributed by atoms with Crippen LogP contribution in [0.15, 0.2) is 4.99 Å². The SMILES string of the molecule is CCCCCCCCCCCCCCCC(=O)N[C@H](C(=O)C[C@@H](CC(N)=O)C(=O)N[C@@H](C)C(=O)CCC(=O)N[C@@H](C)C(=O)C[C@@H](CO)C(=O)N[C@@H](CC(=O)O)C(=O)C[C@H](C(=O)N[C@@H](CCCN=C(N)N)C(=O)CC)[C@@H](C)O)[C@@H](C)O. The Bertz CT molecular complexity index is 2050. The number of Topliss-reactive ketones (excluding diaryl/α,β-unsaturated/α-hetero) is 5. The molecule has 0 aromatic carbocycles. The van der Waals surface area contributed by atoms with E-state index >= 15 is 0 Å². The van der Waals surface area contributed by atoms with Crippen molar-refractivity contribution in [1.82, 2.24) is 26.6 Å². The molecule has 0 fully saturated rings. The molecule has 456 valence electrons. The minimum atomic E-state index is -1.80. The second kappa shape index (κ2) is 41.8. The van der Waals surface area contributed by atoms with Crippen LogP contribution in [0.5, 0.6) is 0 Å². The zero-order valence-corrected chi connectivity index (χ0v) is 48.0. The number of aliphatic hydroxyl groups excluding tert-OH is 3. The van der Waals surface area contributed by atoms with E-state index in [0.29, 0.717) is 6.42 Å². The Morgan fingerprint density at radius 1 is 0.475 bits per heavy atom. The van der Waals surface area contributed by atoms with Crippen LogP contribution in [-0.4, -0.2) is 152 Å². The molecule has 0 spiro atoms. The Balaban J connectivity index is 5.39. The highest BCUT2D eigenvalue weighted by Gasteiger charge is 2.36. The predicted molar refractivity (Wildman–Crippen MR) is 297 cm³/mol. The molecule has 6 amide bonds. The largest absolute Gasteiger partial charge is 0.481 e. The Hall–Kier alpha value is -6.21. The number of ketones is 5. The number of aliphatic carboxylic acids is 1. The van der Waals surface area contributed by atoms with Crippen LogP contribution in [0.25, 0.3) is 0 Å². The van der Waals surface area contributed by atoms with Crippen molar-refractivity contribution in [3.8, 4) is 0 Å². The van der Waals surface area contributed by atoms with Gasteiger partial charge in [0, 0.05) is 57.9 Å². The quantitative estimate of drug-likeness (QED) is 0.0231. The van der Waals surface area contributed by atoms with Gasteiger partial charge in [-0.1, -0.05) is 90.9 Å². The third-order valence-electron chi connectivity index (χ3n) is 13.7. The highest BCUT2D eigenvalue weighted by Crippen LogP contribution is 2.18. The summed E-state index contributed by atoms with van der Waals surface area (Å²) in [5, 5.41) is 52.5. The van der Waals surface area contributed by atoms with Gasteiger partial charge in [0.05, 0.1) is 67.2 Å². The van der Waals surface area contributed by atoms with Gasteiger partial charge in [0.25, 0.3) is 0 Å². The number of rotatable bonds is 48. The van der Waals surface area contributed by atoms with Gasteiger partial charge in [0.15, 0.2) is 34.9 Å². The standard InChI is InChI=1S/C55H95N9O16/c1-7-9-10-11-12-13-14-15-16-17-18-19-20-23-48(74)64-51(36(6)67)46(72)27-37(29-47(56)73)52(78)61-33(3)43(69)24-25-49(75)60-34(4)44(70)28-38(32-65)53(79)63-41(31-50(76)77)45(71)30-39(35(5)66)54(80)62-40(42(68)8-2)22-21-26-59-55(57)58/h33-41,51,65-67H,7-32H2,1-6H3,(H2,56,73)(H,60,75)(H,61,78)(H,62,80)(H,63,79)(H,64,74)(H,76,77)(H4,57,58,59)/t33-,34-,35+,36+,37-,38-,39-,40-,41-,51-/m0/s1. The summed E-state index contributed by atoms with van der Waals surface area (Å²) in [5.74, 6) is -14.8. The number of amides is 6. The highest BCUT2D eigenvalue weighted by atomic mass is 16.4. The number of carbonyl (C=O) groups is 12. The number of carboxylic acid groups (broad SMARTS) is 1. The maximum Gasteiger partial charge on any atom is 0.305 e. The van der Waals surface area contributed by atoms with Gasteiger partial charge in [-0.05, 0) is 47.0 Å². The van der Waals surface area contributed by atoms with Gasteiger partial charge in [0.1, 0.15) is 6.04 Å². The summed E-state index contributed by atoms with van der Waals surface area (Å²) in [4.78, 5) is 159. The van der Waals surface area contributed by atoms with Gasteiger partial charge >= 0.3 is 5.97 Å². The molecule has 0 aliphatic heterocycles. The smallest absolute Gasteiger partial charge is 0.305 e. The number of carboxylic acids is 1. The van der Waals surface area contributed by atoms with Crippen molar-refractivity contribution in [1.29, 1.82) is 0 Å². The molecule has 80 heavy (non-hydrogen) atoms. The van der Waals surface area contributed by atoms with Crippen LogP contribution < -0.4 is 43.8 Å². The Morgan fingerprint density at radius 2 is 0.988 bits per heavy atom. The molecular formula is C55H95N9O16.